The molecule has 0 saturated carbocycles. The molecule has 0 fully saturated rings. The Morgan fingerprint density at radius 2 is 2.00 bits per heavy atom. The van der Waals surface area contributed by atoms with Gasteiger partial charge < -0.3 is 15.6 Å². The molecule has 0 atom stereocenters. The monoisotopic (exact) mass is 369 g/mol. The molecule has 7 nitrogen and oxygen atoms in total. The molecule has 0 unspecified atom stereocenters. The van der Waals surface area contributed by atoms with Gasteiger partial charge in [0, 0.05) is 43.8 Å². The second-order valence-electron chi connectivity index (χ2n) is 5.70. The van der Waals surface area contributed by atoms with Crippen LogP contribution in [0.2, 0.25) is 0 Å². The fourth-order valence-electron chi connectivity index (χ4n) is 2.45. The number of nitrogens with zero attached hydrogens (tertiary/aromatic N) is 1. The van der Waals surface area contributed by atoms with Crippen LogP contribution in [0.3, 0.4) is 0 Å². The molecule has 25 heavy (non-hydrogen) atoms. The van der Waals surface area contributed by atoms with E-state index in [4.69, 9.17) is 0 Å². The van der Waals surface area contributed by atoms with Crippen LogP contribution < -0.4 is 15.4 Å². The van der Waals surface area contributed by atoms with Gasteiger partial charge >= 0.3 is 0 Å². The first-order valence-electron chi connectivity index (χ1n) is 8.04. The quantitative estimate of drug-likeness (QED) is 0.316. The molecule has 1 heterocycles. The van der Waals surface area contributed by atoms with Gasteiger partial charge in [-0.1, -0.05) is 0 Å². The molecule has 0 radical (unpaired) electrons. The number of fused-ring (bicyclic) bond motifs is 1. The van der Waals surface area contributed by atoms with Crippen LogP contribution in [0, 0.1) is 5.82 Å². The molecule has 4 N–H and O–H groups in total. The largest absolute Gasteiger partial charge is 0.361 e. The highest BCUT2D eigenvalue weighted by atomic mass is 32.2. The van der Waals surface area contributed by atoms with Crippen LogP contribution in [0.1, 0.15) is 12.0 Å². The molecule has 1 aromatic heterocycles. The smallest absolute Gasteiger partial charge is 0.208 e. The Bertz CT molecular complexity index is 832. The highest BCUT2D eigenvalue weighted by molar-refractivity contribution is 7.88. The fourth-order valence-corrected chi connectivity index (χ4v) is 2.97. The lowest BCUT2D eigenvalue weighted by Gasteiger charge is -2.11. The maximum Gasteiger partial charge on any atom is 0.208 e. The van der Waals surface area contributed by atoms with E-state index in [0.717, 1.165) is 29.1 Å². The van der Waals surface area contributed by atoms with Crippen molar-refractivity contribution in [3.63, 3.8) is 0 Å². The number of aromatic amines is 1. The standard InChI is InChI=1S/C16H24FN5O2S/c1-18-16(19-7-3-8-22-25(2,23)24)20-9-6-12-11-21-15-10-13(17)4-5-14(12)15/h4-5,10-11,21-22H,3,6-9H2,1-2H3,(H2,18,19,20). The van der Waals surface area contributed by atoms with Gasteiger partial charge in [-0.3, -0.25) is 4.99 Å². The van der Waals surface area contributed by atoms with Gasteiger partial charge in [0.15, 0.2) is 5.96 Å². The third kappa shape index (κ3) is 6.35. The van der Waals surface area contributed by atoms with Crippen LogP contribution in [0.25, 0.3) is 10.9 Å². The van der Waals surface area contributed by atoms with Crippen molar-refractivity contribution in [1.82, 2.24) is 20.3 Å². The van der Waals surface area contributed by atoms with E-state index in [-0.39, 0.29) is 5.82 Å². The molecule has 9 heteroatoms. The Kier molecular flexibility index (Phi) is 6.77. The number of sulfonamides is 1. The number of hydrogen-bond acceptors (Lipinski definition) is 3. The Morgan fingerprint density at radius 3 is 2.72 bits per heavy atom. The van der Waals surface area contributed by atoms with E-state index in [2.05, 4.69) is 25.3 Å². The van der Waals surface area contributed by atoms with Crippen molar-refractivity contribution < 1.29 is 12.8 Å². The van der Waals surface area contributed by atoms with E-state index in [1.54, 1.807) is 13.1 Å². The number of benzene rings is 1. The number of H-pyrrole nitrogens is 1. The van der Waals surface area contributed by atoms with E-state index < -0.39 is 10.0 Å². The fraction of sp³-hybridized carbons (Fsp3) is 0.438. The molecule has 0 aliphatic heterocycles. The molecule has 0 aliphatic carbocycles. The van der Waals surface area contributed by atoms with Crippen LogP contribution in [0.4, 0.5) is 4.39 Å². The first kappa shape index (κ1) is 19.2. The van der Waals surface area contributed by atoms with Crippen molar-refractivity contribution in [2.24, 2.45) is 4.99 Å². The zero-order valence-electron chi connectivity index (χ0n) is 14.4. The van der Waals surface area contributed by atoms with E-state index in [1.165, 1.54) is 12.1 Å². The van der Waals surface area contributed by atoms with Crippen LogP contribution in [-0.2, 0) is 16.4 Å². The Hall–Kier alpha value is -2.13. The normalized spacial score (nSPS) is 12.5. The lowest BCUT2D eigenvalue weighted by Crippen LogP contribution is -2.39. The lowest BCUT2D eigenvalue weighted by molar-refractivity contribution is 0.584. The third-order valence-corrected chi connectivity index (χ3v) is 4.38. The molecule has 0 amide bonds. The molecule has 0 bridgehead atoms. The number of guanidine groups is 1. The topological polar surface area (TPSA) is 98.4 Å². The minimum absolute atomic E-state index is 0.256. The van der Waals surface area contributed by atoms with Crippen LogP contribution in [0.15, 0.2) is 29.4 Å². The first-order valence-corrected chi connectivity index (χ1v) is 9.93. The average Bonchev–Trinajstić information content (AvgIpc) is 2.94. The Labute approximate surface area is 147 Å². The first-order chi connectivity index (χ1) is 11.9. The molecular weight excluding hydrogens is 345 g/mol. The Balaban J connectivity index is 1.73. The molecule has 2 aromatic rings. The van der Waals surface area contributed by atoms with Crippen molar-refractivity contribution in [1.29, 1.82) is 0 Å². The molecule has 2 rings (SSSR count). The van der Waals surface area contributed by atoms with Crippen molar-refractivity contribution in [2.45, 2.75) is 12.8 Å². The molecule has 0 aliphatic rings. The highest BCUT2D eigenvalue weighted by Crippen LogP contribution is 2.19. The summed E-state index contributed by atoms with van der Waals surface area (Å²) < 4.78 is 37.6. The summed E-state index contributed by atoms with van der Waals surface area (Å²) in [6.07, 6.45) is 4.45. The van der Waals surface area contributed by atoms with Gasteiger partial charge in [0.2, 0.25) is 10.0 Å². The van der Waals surface area contributed by atoms with Gasteiger partial charge in [-0.15, -0.1) is 0 Å². The third-order valence-electron chi connectivity index (χ3n) is 3.65. The maximum absolute atomic E-state index is 13.2. The van der Waals surface area contributed by atoms with Gasteiger partial charge in [0.05, 0.1) is 6.26 Å². The number of halogens is 1. The van der Waals surface area contributed by atoms with Crippen molar-refractivity contribution in [2.75, 3.05) is 32.9 Å². The van der Waals surface area contributed by atoms with Gasteiger partial charge in [-0.05, 0) is 36.6 Å². The van der Waals surface area contributed by atoms with Gasteiger partial charge in [0.1, 0.15) is 5.82 Å². The number of aromatic nitrogens is 1. The number of rotatable bonds is 8. The minimum Gasteiger partial charge on any atom is -0.361 e. The molecule has 0 saturated heterocycles. The minimum atomic E-state index is -3.14. The van der Waals surface area contributed by atoms with Gasteiger partial charge in [-0.2, -0.15) is 0 Å². The summed E-state index contributed by atoms with van der Waals surface area (Å²) in [5, 5.41) is 7.34. The zero-order chi connectivity index (χ0) is 18.3. The Morgan fingerprint density at radius 1 is 1.24 bits per heavy atom. The van der Waals surface area contributed by atoms with Crippen LogP contribution in [-0.4, -0.2) is 52.3 Å². The summed E-state index contributed by atoms with van der Waals surface area (Å²) in [6, 6.07) is 4.72. The summed E-state index contributed by atoms with van der Waals surface area (Å²) in [7, 11) is -1.46. The summed E-state index contributed by atoms with van der Waals surface area (Å²) in [4.78, 5) is 7.20. The summed E-state index contributed by atoms with van der Waals surface area (Å²) in [6.45, 7) is 1.66. The summed E-state index contributed by atoms with van der Waals surface area (Å²) in [5.41, 5.74) is 1.89. The number of aliphatic imine (C=N–C) groups is 1. The number of hydrogen-bond donors (Lipinski definition) is 4. The lowest BCUT2D eigenvalue weighted by atomic mass is 10.1. The molecular formula is C16H24FN5O2S. The molecule has 0 spiro atoms. The second kappa shape index (κ2) is 8.82. The van der Waals surface area contributed by atoms with Crippen LogP contribution in [0.5, 0.6) is 0 Å². The van der Waals surface area contributed by atoms with Crippen molar-refractivity contribution in [3.8, 4) is 0 Å². The maximum atomic E-state index is 13.2. The van der Waals surface area contributed by atoms with Gasteiger partial charge in [0.25, 0.3) is 0 Å². The predicted octanol–water partition coefficient (Wildman–Crippen LogP) is 0.954. The SMILES string of the molecule is CN=C(NCCCNS(C)(=O)=O)NCCc1c[nH]c2cc(F)ccc12. The van der Waals surface area contributed by atoms with Gasteiger partial charge in [-0.25, -0.2) is 17.5 Å². The van der Waals surface area contributed by atoms with E-state index in [9.17, 15) is 12.8 Å². The summed E-state index contributed by atoms with van der Waals surface area (Å²) >= 11 is 0. The average molecular weight is 369 g/mol. The highest BCUT2D eigenvalue weighted by Gasteiger charge is 2.05. The van der Waals surface area contributed by atoms with E-state index in [0.29, 0.717) is 32.0 Å². The zero-order valence-corrected chi connectivity index (χ0v) is 15.2. The second-order valence-corrected chi connectivity index (χ2v) is 7.53. The van der Waals surface area contributed by atoms with Crippen LogP contribution >= 0.6 is 0 Å². The van der Waals surface area contributed by atoms with E-state index in [1.807, 2.05) is 6.20 Å². The van der Waals surface area contributed by atoms with Crippen molar-refractivity contribution in [3.05, 3.63) is 35.8 Å². The predicted molar refractivity (Wildman–Crippen MR) is 98.8 cm³/mol. The van der Waals surface area contributed by atoms with E-state index >= 15 is 0 Å². The summed E-state index contributed by atoms with van der Waals surface area (Å²) in [5.74, 6) is 0.402. The molecule has 1 aromatic carbocycles. The number of nitrogens with one attached hydrogen (secondary N) is 4. The van der Waals surface area contributed by atoms with Crippen molar-refractivity contribution >= 4 is 26.9 Å². The molecule has 138 valence electrons.